The van der Waals surface area contributed by atoms with Crippen molar-refractivity contribution >= 4 is 27.3 Å². The zero-order valence-electron chi connectivity index (χ0n) is 13.3. The predicted molar refractivity (Wildman–Crippen MR) is 84.3 cm³/mol. The largest absolute Gasteiger partial charge is 0.716 e. The minimum Gasteiger partial charge on any atom is -0.716 e. The van der Waals surface area contributed by atoms with Gasteiger partial charge in [0.05, 0.1) is 7.11 Å². The average molecular weight is 359 g/mol. The number of carbonyl (C=O) groups excluding carboxylic acids is 1. The summed E-state index contributed by atoms with van der Waals surface area (Å²) in [6.45, 7) is 4.98. The molecule has 0 aliphatic heterocycles. The Labute approximate surface area is 138 Å². The second kappa shape index (κ2) is 7.34. The number of quaternary nitrogens is 1. The van der Waals surface area contributed by atoms with E-state index in [0.717, 1.165) is 0 Å². The number of benzene rings is 1. The van der Waals surface area contributed by atoms with Crippen LogP contribution in [-0.2, 0) is 15.1 Å². The summed E-state index contributed by atoms with van der Waals surface area (Å²) < 4.78 is 52.1. The molecule has 0 spiro atoms. The molecule has 0 saturated heterocycles. The number of methoxy groups -OCH3 is 1. The molecule has 1 aromatic carbocycles. The number of hydrogen-bond acceptors (Lipinski definition) is 8. The van der Waals surface area contributed by atoms with Crippen LogP contribution < -0.4 is 15.1 Å². The first-order valence-electron chi connectivity index (χ1n) is 6.31. The molecule has 0 amide bonds. The molecular formula is C14H17NO8S. The van der Waals surface area contributed by atoms with Crippen molar-refractivity contribution in [1.82, 2.24) is 6.15 Å². The number of aryl methyl sites for hydroxylation is 1. The second-order valence-corrected chi connectivity index (χ2v) is 5.39. The van der Waals surface area contributed by atoms with Crippen LogP contribution in [0.1, 0.15) is 16.1 Å². The minimum atomic E-state index is -5.01. The van der Waals surface area contributed by atoms with Crippen molar-refractivity contribution in [2.24, 2.45) is 0 Å². The maximum Gasteiger partial charge on any atom is 0.342 e. The quantitative estimate of drug-likeness (QED) is 0.357. The number of fused-ring (bicyclic) bond motifs is 1. The molecule has 1 aromatic heterocycles. The average Bonchev–Trinajstić information content (AvgIpc) is 2.77. The summed E-state index contributed by atoms with van der Waals surface area (Å²) in [5, 5.41) is 0.232. The van der Waals surface area contributed by atoms with E-state index < -0.39 is 16.4 Å². The van der Waals surface area contributed by atoms with Gasteiger partial charge < -0.3 is 28.8 Å². The molecule has 4 N–H and O–H groups in total. The van der Waals surface area contributed by atoms with Crippen molar-refractivity contribution in [3.8, 4) is 11.5 Å². The molecule has 1 heterocycles. The fraction of sp³-hybridized carbons (Fsp3) is 0.214. The molecule has 0 saturated carbocycles. The van der Waals surface area contributed by atoms with Gasteiger partial charge in [0.25, 0.3) is 10.4 Å². The molecule has 0 fully saturated rings. The maximum absolute atomic E-state index is 12.1. The summed E-state index contributed by atoms with van der Waals surface area (Å²) in [4.78, 5) is 12.1. The zero-order valence-corrected chi connectivity index (χ0v) is 14.1. The predicted octanol–water partition coefficient (Wildman–Crippen LogP) is 2.31. The van der Waals surface area contributed by atoms with E-state index in [1.165, 1.54) is 25.3 Å². The number of esters is 1. The number of rotatable bonds is 6. The minimum absolute atomic E-state index is 0. The lowest BCUT2D eigenvalue weighted by Crippen LogP contribution is -2.08. The highest BCUT2D eigenvalue weighted by Crippen LogP contribution is 2.37. The standard InChI is InChI=1S/C14H14O8S.H3N/c1-4-5-20-14(15)13-8(2)21-10-7-11(19-3)12(6-9(10)13)22-23(16,17)18;/h4,6-7H,1,5H2,2-3H3,(H,16,17,18);1H3. The highest BCUT2D eigenvalue weighted by Gasteiger charge is 2.22. The molecule has 10 heteroatoms. The van der Waals surface area contributed by atoms with E-state index in [2.05, 4.69) is 10.8 Å². The molecule has 2 rings (SSSR count). The monoisotopic (exact) mass is 359 g/mol. The Hall–Kier alpha value is -2.56. The third-order valence-corrected chi connectivity index (χ3v) is 3.26. The molecule has 0 unspecified atom stereocenters. The molecule has 24 heavy (non-hydrogen) atoms. The van der Waals surface area contributed by atoms with Crippen molar-refractivity contribution in [3.63, 3.8) is 0 Å². The fourth-order valence-electron chi connectivity index (χ4n) is 2.02. The van der Waals surface area contributed by atoms with Gasteiger partial charge in [0, 0.05) is 11.5 Å². The van der Waals surface area contributed by atoms with Crippen LogP contribution in [0.5, 0.6) is 11.5 Å². The number of ether oxygens (including phenoxy) is 2. The molecular weight excluding hydrogens is 342 g/mol. The Balaban J connectivity index is 0.00000288. The van der Waals surface area contributed by atoms with Gasteiger partial charge >= 0.3 is 5.97 Å². The van der Waals surface area contributed by atoms with E-state index in [0.29, 0.717) is 0 Å². The molecule has 2 aromatic rings. The van der Waals surface area contributed by atoms with Gasteiger partial charge in [0.2, 0.25) is 0 Å². The Kier molecular flexibility index (Phi) is 5.96. The third-order valence-electron chi connectivity index (χ3n) is 2.88. The first-order valence-corrected chi connectivity index (χ1v) is 7.64. The normalized spacial score (nSPS) is 10.8. The maximum atomic E-state index is 12.1. The first-order chi connectivity index (χ1) is 10.8. The fourth-order valence-corrected chi connectivity index (χ4v) is 2.37. The molecule has 0 bridgehead atoms. The molecule has 132 valence electrons. The van der Waals surface area contributed by atoms with E-state index in [1.54, 1.807) is 6.92 Å². The van der Waals surface area contributed by atoms with Crippen LogP contribution >= 0.6 is 0 Å². The zero-order chi connectivity index (χ0) is 17.2. The molecule has 0 radical (unpaired) electrons. The molecule has 0 atom stereocenters. The van der Waals surface area contributed by atoms with E-state index >= 15 is 0 Å². The number of carbonyl (C=O) groups is 1. The van der Waals surface area contributed by atoms with Crippen molar-refractivity contribution in [2.75, 3.05) is 13.7 Å². The Morgan fingerprint density at radius 1 is 1.38 bits per heavy atom. The van der Waals surface area contributed by atoms with Gasteiger partial charge in [0.15, 0.2) is 11.5 Å². The van der Waals surface area contributed by atoms with Gasteiger partial charge in [-0.1, -0.05) is 12.7 Å². The molecule has 9 nitrogen and oxygen atoms in total. The van der Waals surface area contributed by atoms with Gasteiger partial charge in [-0.3, -0.25) is 0 Å². The first kappa shape index (κ1) is 19.5. The van der Waals surface area contributed by atoms with Crippen LogP contribution in [0.25, 0.3) is 11.0 Å². The molecule has 0 aliphatic rings. The van der Waals surface area contributed by atoms with Gasteiger partial charge in [0.1, 0.15) is 23.5 Å². The van der Waals surface area contributed by atoms with Crippen molar-refractivity contribution in [1.29, 1.82) is 0 Å². The topological polar surface area (TPSA) is 152 Å². The van der Waals surface area contributed by atoms with Crippen molar-refractivity contribution in [3.05, 3.63) is 36.1 Å². The van der Waals surface area contributed by atoms with Crippen molar-refractivity contribution in [2.45, 2.75) is 6.92 Å². The summed E-state index contributed by atoms with van der Waals surface area (Å²) >= 11 is 0. The van der Waals surface area contributed by atoms with Gasteiger partial charge in [-0.2, -0.15) is 0 Å². The summed E-state index contributed by atoms with van der Waals surface area (Å²) in [6, 6.07) is 2.48. The van der Waals surface area contributed by atoms with Crippen LogP contribution in [-0.4, -0.2) is 32.7 Å². The number of hydrogen-bond donors (Lipinski definition) is 1. The SMILES string of the molecule is C=CCOC(=O)c1c(C)oc2cc(OC)c(OS(=O)(=O)[O-])cc12.[NH4+]. The lowest BCUT2D eigenvalue weighted by Gasteiger charge is -2.12. The van der Waals surface area contributed by atoms with E-state index in [9.17, 15) is 17.8 Å². The lowest BCUT2D eigenvalue weighted by molar-refractivity contribution is 0.0549. The Bertz CT molecular complexity index is 869. The second-order valence-electron chi connectivity index (χ2n) is 4.41. The summed E-state index contributed by atoms with van der Waals surface area (Å²) in [5.74, 6) is -0.800. The lowest BCUT2D eigenvalue weighted by atomic mass is 10.1. The summed E-state index contributed by atoms with van der Waals surface area (Å²) in [6.07, 6.45) is 1.40. The van der Waals surface area contributed by atoms with Crippen LogP contribution in [0, 0.1) is 6.92 Å². The van der Waals surface area contributed by atoms with Crippen molar-refractivity contribution < 1.29 is 35.8 Å². The highest BCUT2D eigenvalue weighted by atomic mass is 32.3. The summed E-state index contributed by atoms with van der Waals surface area (Å²) in [7, 11) is -3.74. The van der Waals surface area contributed by atoms with Crippen LogP contribution in [0.3, 0.4) is 0 Å². The van der Waals surface area contributed by atoms with Crippen LogP contribution in [0.15, 0.2) is 29.2 Å². The Morgan fingerprint density at radius 3 is 2.58 bits per heavy atom. The van der Waals surface area contributed by atoms with Crippen LogP contribution in [0.4, 0.5) is 0 Å². The van der Waals surface area contributed by atoms with Gasteiger partial charge in [-0.15, -0.1) is 0 Å². The van der Waals surface area contributed by atoms with Gasteiger partial charge in [-0.25, -0.2) is 13.2 Å². The Morgan fingerprint density at radius 2 is 2.04 bits per heavy atom. The van der Waals surface area contributed by atoms with Crippen LogP contribution in [0.2, 0.25) is 0 Å². The van der Waals surface area contributed by atoms with Gasteiger partial charge in [-0.05, 0) is 13.0 Å². The van der Waals surface area contributed by atoms with E-state index in [-0.39, 0.29) is 46.5 Å². The number of furan rings is 1. The summed E-state index contributed by atoms with van der Waals surface area (Å²) in [5.41, 5.74) is 0.346. The van der Waals surface area contributed by atoms with E-state index in [1.807, 2.05) is 0 Å². The smallest absolute Gasteiger partial charge is 0.342 e. The third kappa shape index (κ3) is 4.04. The molecule has 0 aliphatic carbocycles. The highest BCUT2D eigenvalue weighted by molar-refractivity contribution is 7.81. The van der Waals surface area contributed by atoms with E-state index in [4.69, 9.17) is 13.9 Å².